The number of rotatable bonds is 7. The number of esters is 1. The van der Waals surface area contributed by atoms with E-state index in [0.29, 0.717) is 27.5 Å². The Bertz CT molecular complexity index is 933. The van der Waals surface area contributed by atoms with E-state index in [2.05, 4.69) is 4.74 Å². The van der Waals surface area contributed by atoms with E-state index in [-0.39, 0.29) is 19.1 Å². The number of imide groups is 1. The van der Waals surface area contributed by atoms with Crippen molar-refractivity contribution in [3.63, 3.8) is 0 Å². The van der Waals surface area contributed by atoms with E-state index in [1.165, 1.54) is 18.4 Å². The van der Waals surface area contributed by atoms with Gasteiger partial charge >= 0.3 is 5.97 Å². The maximum Gasteiger partial charge on any atom is 0.307 e. The van der Waals surface area contributed by atoms with E-state index in [0.717, 1.165) is 10.5 Å². The number of hydrogen-bond donors (Lipinski definition) is 0. The predicted molar refractivity (Wildman–Crippen MR) is 104 cm³/mol. The summed E-state index contributed by atoms with van der Waals surface area (Å²) in [6, 6.07) is 5.41. The fraction of sp³-hybridized carbons (Fsp3) is 0.350. The number of amides is 2. The molecular weight excluding hydrogens is 382 g/mol. The van der Waals surface area contributed by atoms with Gasteiger partial charge in [0.25, 0.3) is 11.8 Å². The van der Waals surface area contributed by atoms with Crippen LogP contribution in [0.4, 0.5) is 0 Å². The second-order valence-electron chi connectivity index (χ2n) is 6.47. The van der Waals surface area contributed by atoms with Gasteiger partial charge in [-0.3, -0.25) is 19.3 Å². The number of fused-ring (bicyclic) bond motifs is 1. The molecule has 0 saturated heterocycles. The summed E-state index contributed by atoms with van der Waals surface area (Å²) in [6.07, 6.45) is -0.0819. The van der Waals surface area contributed by atoms with E-state index >= 15 is 0 Å². The zero-order valence-electron chi connectivity index (χ0n) is 16.1. The SMILES string of the molecule is COC(=O)CCN1C(=O)c2csc(-c3ccc(OC)c(OC(C)C)c3)c2C1=O. The average molecular weight is 403 g/mol. The van der Waals surface area contributed by atoms with Gasteiger partial charge < -0.3 is 14.2 Å². The Labute approximate surface area is 166 Å². The van der Waals surface area contributed by atoms with Crippen molar-refractivity contribution in [1.29, 1.82) is 0 Å². The van der Waals surface area contributed by atoms with Crippen LogP contribution in [0.25, 0.3) is 10.4 Å². The number of carbonyl (C=O) groups excluding carboxylic acids is 3. The summed E-state index contributed by atoms with van der Waals surface area (Å²) in [4.78, 5) is 38.6. The molecule has 1 aromatic heterocycles. The number of methoxy groups -OCH3 is 2. The first-order valence-electron chi connectivity index (χ1n) is 8.77. The van der Waals surface area contributed by atoms with Gasteiger partial charge in [-0.05, 0) is 37.6 Å². The third-order valence-electron chi connectivity index (χ3n) is 4.28. The Morgan fingerprint density at radius 1 is 1.14 bits per heavy atom. The van der Waals surface area contributed by atoms with E-state index in [1.54, 1.807) is 24.6 Å². The van der Waals surface area contributed by atoms with Gasteiger partial charge in [0.2, 0.25) is 0 Å². The topological polar surface area (TPSA) is 82.1 Å². The molecule has 0 radical (unpaired) electrons. The highest BCUT2D eigenvalue weighted by Crippen LogP contribution is 2.41. The number of thiophene rings is 1. The summed E-state index contributed by atoms with van der Waals surface area (Å²) in [6.45, 7) is 3.82. The molecule has 0 fully saturated rings. The molecule has 2 aromatic rings. The van der Waals surface area contributed by atoms with Crippen molar-refractivity contribution in [2.45, 2.75) is 26.4 Å². The normalized spacial score (nSPS) is 13.1. The molecule has 148 valence electrons. The van der Waals surface area contributed by atoms with Gasteiger partial charge in [-0.15, -0.1) is 11.3 Å². The van der Waals surface area contributed by atoms with Crippen LogP contribution in [0, 0.1) is 0 Å². The van der Waals surface area contributed by atoms with Crippen LogP contribution in [-0.4, -0.2) is 49.6 Å². The molecule has 0 unspecified atom stereocenters. The minimum atomic E-state index is -0.471. The number of carbonyl (C=O) groups is 3. The summed E-state index contributed by atoms with van der Waals surface area (Å²) < 4.78 is 15.7. The number of benzene rings is 1. The molecule has 0 N–H and O–H groups in total. The van der Waals surface area contributed by atoms with Gasteiger partial charge in [-0.25, -0.2) is 0 Å². The first kappa shape index (κ1) is 19.9. The molecule has 2 amide bonds. The predicted octanol–water partition coefficient (Wildman–Crippen LogP) is 3.37. The summed E-state index contributed by atoms with van der Waals surface area (Å²) in [5.41, 5.74) is 1.48. The first-order valence-corrected chi connectivity index (χ1v) is 9.64. The monoisotopic (exact) mass is 403 g/mol. The Kier molecular flexibility index (Phi) is 5.69. The number of nitrogens with zero attached hydrogens (tertiary/aromatic N) is 1. The smallest absolute Gasteiger partial charge is 0.307 e. The molecule has 0 aliphatic carbocycles. The quantitative estimate of drug-likeness (QED) is 0.521. The molecule has 7 nitrogen and oxygen atoms in total. The molecule has 8 heteroatoms. The van der Waals surface area contributed by atoms with Crippen molar-refractivity contribution in [3.05, 3.63) is 34.7 Å². The fourth-order valence-corrected chi connectivity index (χ4v) is 4.02. The molecule has 3 rings (SSSR count). The summed E-state index contributed by atoms with van der Waals surface area (Å²) in [5.74, 6) is -0.106. The molecule has 1 aliphatic rings. The van der Waals surface area contributed by atoms with Crippen LogP contribution < -0.4 is 9.47 Å². The second kappa shape index (κ2) is 8.02. The van der Waals surface area contributed by atoms with Crippen molar-refractivity contribution in [3.8, 4) is 21.9 Å². The lowest BCUT2D eigenvalue weighted by Gasteiger charge is -2.15. The Balaban J connectivity index is 1.94. The molecule has 2 heterocycles. The van der Waals surface area contributed by atoms with E-state index < -0.39 is 17.8 Å². The second-order valence-corrected chi connectivity index (χ2v) is 7.35. The third kappa shape index (κ3) is 3.60. The third-order valence-corrected chi connectivity index (χ3v) is 5.31. The molecule has 1 aliphatic heterocycles. The lowest BCUT2D eigenvalue weighted by Crippen LogP contribution is -2.32. The molecular formula is C20H21NO6S. The van der Waals surface area contributed by atoms with Gasteiger partial charge in [0.1, 0.15) is 0 Å². The number of hydrogen-bond acceptors (Lipinski definition) is 7. The minimum absolute atomic E-state index is 0.00650. The largest absolute Gasteiger partial charge is 0.493 e. The van der Waals surface area contributed by atoms with Crippen LogP contribution >= 0.6 is 11.3 Å². The summed E-state index contributed by atoms with van der Waals surface area (Å²) in [5, 5.41) is 1.68. The van der Waals surface area contributed by atoms with Gasteiger partial charge in [0, 0.05) is 16.8 Å². The molecule has 0 atom stereocenters. The molecule has 0 saturated carbocycles. The van der Waals surface area contributed by atoms with Crippen LogP contribution in [-0.2, 0) is 9.53 Å². The Morgan fingerprint density at radius 2 is 1.89 bits per heavy atom. The van der Waals surface area contributed by atoms with Gasteiger partial charge in [-0.2, -0.15) is 0 Å². The Morgan fingerprint density at radius 3 is 2.54 bits per heavy atom. The lowest BCUT2D eigenvalue weighted by atomic mass is 10.1. The van der Waals surface area contributed by atoms with Crippen LogP contribution in [0.1, 0.15) is 41.0 Å². The first-order chi connectivity index (χ1) is 13.4. The summed E-state index contributed by atoms with van der Waals surface area (Å²) in [7, 11) is 2.83. The maximum atomic E-state index is 12.9. The van der Waals surface area contributed by atoms with Crippen LogP contribution in [0.2, 0.25) is 0 Å². The van der Waals surface area contributed by atoms with Gasteiger partial charge in [-0.1, -0.05) is 0 Å². The molecule has 1 aromatic carbocycles. The zero-order valence-corrected chi connectivity index (χ0v) is 16.9. The van der Waals surface area contributed by atoms with Crippen LogP contribution in [0.3, 0.4) is 0 Å². The highest BCUT2D eigenvalue weighted by atomic mass is 32.1. The van der Waals surface area contributed by atoms with Crippen molar-refractivity contribution in [1.82, 2.24) is 4.90 Å². The fourth-order valence-electron chi connectivity index (χ4n) is 2.98. The van der Waals surface area contributed by atoms with Crippen molar-refractivity contribution >= 4 is 29.1 Å². The molecule has 0 bridgehead atoms. The van der Waals surface area contributed by atoms with Gasteiger partial charge in [0.15, 0.2) is 11.5 Å². The zero-order chi connectivity index (χ0) is 20.4. The van der Waals surface area contributed by atoms with E-state index in [4.69, 9.17) is 9.47 Å². The van der Waals surface area contributed by atoms with Crippen molar-refractivity contribution < 1.29 is 28.6 Å². The molecule has 28 heavy (non-hydrogen) atoms. The highest BCUT2D eigenvalue weighted by Gasteiger charge is 2.39. The summed E-state index contributed by atoms with van der Waals surface area (Å²) >= 11 is 1.33. The Hall–Kier alpha value is -2.87. The van der Waals surface area contributed by atoms with E-state index in [1.807, 2.05) is 19.9 Å². The van der Waals surface area contributed by atoms with Crippen LogP contribution in [0.5, 0.6) is 11.5 Å². The number of ether oxygens (including phenoxy) is 3. The van der Waals surface area contributed by atoms with Gasteiger partial charge in [0.05, 0.1) is 37.9 Å². The maximum absolute atomic E-state index is 12.9. The average Bonchev–Trinajstić information content (AvgIpc) is 3.20. The minimum Gasteiger partial charge on any atom is -0.493 e. The van der Waals surface area contributed by atoms with Crippen molar-refractivity contribution in [2.75, 3.05) is 20.8 Å². The standard InChI is InChI=1S/C20H21NO6S/c1-11(2)27-15-9-12(5-6-14(15)25-3)18-17-13(10-28-18)19(23)21(20(17)24)8-7-16(22)26-4/h5-6,9-11H,7-8H2,1-4H3. The highest BCUT2D eigenvalue weighted by molar-refractivity contribution is 7.14. The van der Waals surface area contributed by atoms with E-state index in [9.17, 15) is 14.4 Å². The molecule has 0 spiro atoms. The lowest BCUT2D eigenvalue weighted by molar-refractivity contribution is -0.140. The van der Waals surface area contributed by atoms with Crippen molar-refractivity contribution in [2.24, 2.45) is 0 Å². The van der Waals surface area contributed by atoms with Crippen LogP contribution in [0.15, 0.2) is 23.6 Å².